The Morgan fingerprint density at radius 1 is 1.20 bits per heavy atom. The van der Waals surface area contributed by atoms with E-state index in [0.29, 0.717) is 10.8 Å². The van der Waals surface area contributed by atoms with Crippen LogP contribution in [-0.4, -0.2) is 25.9 Å². The summed E-state index contributed by atoms with van der Waals surface area (Å²) in [5.41, 5.74) is 0.820. The van der Waals surface area contributed by atoms with Crippen LogP contribution >= 0.6 is 10.8 Å². The Morgan fingerprint density at radius 3 is 2.05 bits per heavy atom. The van der Waals surface area contributed by atoms with Crippen molar-refractivity contribution in [2.24, 2.45) is 0 Å². The van der Waals surface area contributed by atoms with Gasteiger partial charge in [-0.05, 0) is 11.0 Å². The van der Waals surface area contributed by atoms with E-state index in [4.69, 9.17) is 21.7 Å². The Bertz CT molecular complexity index is 581. The normalized spacial score (nSPS) is 10.7. The summed E-state index contributed by atoms with van der Waals surface area (Å²) in [4.78, 5) is 0. The molecule has 7 nitrogen and oxygen atoms in total. The summed E-state index contributed by atoms with van der Waals surface area (Å²) in [7, 11) is -7.63. The summed E-state index contributed by atoms with van der Waals surface area (Å²) in [6, 6.07) is 9.11. The Balaban J connectivity index is -0.000000405. The second kappa shape index (κ2) is 10.8. The number of hydrogen-bond donors (Lipinski definition) is 2. The van der Waals surface area contributed by atoms with Crippen molar-refractivity contribution in [3.63, 3.8) is 0 Å². The fourth-order valence-corrected chi connectivity index (χ4v) is 2.14. The van der Waals surface area contributed by atoms with Gasteiger partial charge in [-0.15, -0.1) is 0 Å². The topological polar surface area (TPSA) is 118 Å². The molecule has 11 heteroatoms. The Hall–Kier alpha value is 0.0900. The van der Waals surface area contributed by atoms with Crippen LogP contribution in [0.25, 0.3) is 0 Å². The van der Waals surface area contributed by atoms with Crippen molar-refractivity contribution >= 4 is 30.3 Å². The second-order valence-electron chi connectivity index (χ2n) is 2.87. The molecule has 0 aromatic heterocycles. The van der Waals surface area contributed by atoms with Crippen LogP contribution in [0.3, 0.4) is 0 Å². The monoisotopic (exact) mass is 352 g/mol. The molecule has 20 heavy (non-hydrogen) atoms. The van der Waals surface area contributed by atoms with Gasteiger partial charge in [0.15, 0.2) is 0 Å². The van der Waals surface area contributed by atoms with E-state index in [1.54, 1.807) is 12.1 Å². The first-order chi connectivity index (χ1) is 8.64. The molecule has 0 aliphatic carbocycles. The van der Waals surface area contributed by atoms with Gasteiger partial charge in [-0.1, -0.05) is 36.9 Å². The molecule has 1 rings (SSSR count). The predicted molar refractivity (Wildman–Crippen MR) is 73.2 cm³/mol. The van der Waals surface area contributed by atoms with Crippen molar-refractivity contribution in [1.82, 2.24) is 0 Å². The third kappa shape index (κ3) is 16.1. The maximum absolute atomic E-state index is 11.1. The SMILES string of the molecule is C=CSS(=O)(=O)OCc1ccccc1.O=S(=O)(O)O.[H-].[Na+]. The molecule has 0 aliphatic rings. The smallest absolute Gasteiger partial charge is 1.00 e. The minimum absolute atomic E-state index is 0. The van der Waals surface area contributed by atoms with Gasteiger partial charge >= 0.3 is 49.1 Å². The molecule has 2 N–H and O–H groups in total. The van der Waals surface area contributed by atoms with Crippen molar-refractivity contribution in [3.05, 3.63) is 47.9 Å². The van der Waals surface area contributed by atoms with Crippen LogP contribution in [0.5, 0.6) is 0 Å². The van der Waals surface area contributed by atoms with E-state index in [1.165, 1.54) is 5.41 Å². The Labute approximate surface area is 145 Å². The minimum atomic E-state index is -4.67. The van der Waals surface area contributed by atoms with Gasteiger partial charge in [0.1, 0.15) is 0 Å². The molecule has 0 saturated carbocycles. The Morgan fingerprint density at radius 2 is 1.65 bits per heavy atom. The summed E-state index contributed by atoms with van der Waals surface area (Å²) < 4.78 is 58.4. The maximum atomic E-state index is 11.1. The molecule has 0 radical (unpaired) electrons. The summed E-state index contributed by atoms with van der Waals surface area (Å²) in [6.45, 7) is 3.36. The molecule has 1 aromatic rings. The molecule has 110 valence electrons. The fraction of sp³-hybridized carbons (Fsp3) is 0.111. The first kappa shape index (κ1) is 22.4. The molecule has 0 saturated heterocycles. The molecule has 0 atom stereocenters. The summed E-state index contributed by atoms with van der Waals surface area (Å²) in [5, 5.41) is 1.22. The predicted octanol–water partition coefficient (Wildman–Crippen LogP) is -1.21. The number of benzene rings is 1. The van der Waals surface area contributed by atoms with E-state index in [0.717, 1.165) is 5.56 Å². The zero-order valence-corrected chi connectivity index (χ0v) is 15.0. The van der Waals surface area contributed by atoms with Crippen molar-refractivity contribution in [1.29, 1.82) is 0 Å². The van der Waals surface area contributed by atoms with Crippen molar-refractivity contribution < 1.29 is 61.1 Å². The molecule has 0 bridgehead atoms. The van der Waals surface area contributed by atoms with Crippen LogP contribution in [0.15, 0.2) is 42.3 Å². The van der Waals surface area contributed by atoms with Gasteiger partial charge in [0.05, 0.1) is 6.61 Å². The number of hydrogen-bond acceptors (Lipinski definition) is 6. The second-order valence-corrected chi connectivity index (χ2v) is 7.14. The van der Waals surface area contributed by atoms with Crippen LogP contribution in [0.2, 0.25) is 0 Å². The molecule has 0 spiro atoms. The summed E-state index contributed by atoms with van der Waals surface area (Å²) in [5.74, 6) is 0. The number of rotatable bonds is 5. The summed E-state index contributed by atoms with van der Waals surface area (Å²) in [6.07, 6.45) is 0. The largest absolute Gasteiger partial charge is 1.00 e. The first-order valence-corrected chi connectivity index (χ1v) is 8.76. The average Bonchev–Trinajstić information content (AvgIpc) is 2.26. The maximum Gasteiger partial charge on any atom is 1.00 e. The fourth-order valence-electron chi connectivity index (χ4n) is 0.826. The average molecular weight is 352 g/mol. The third-order valence-corrected chi connectivity index (χ3v) is 3.58. The van der Waals surface area contributed by atoms with Crippen LogP contribution in [0, 0.1) is 0 Å². The van der Waals surface area contributed by atoms with Gasteiger partial charge in [-0.2, -0.15) is 16.8 Å². The molecule has 0 fully saturated rings. The van der Waals surface area contributed by atoms with E-state index >= 15 is 0 Å². The van der Waals surface area contributed by atoms with Crippen LogP contribution in [0.1, 0.15) is 6.99 Å². The third-order valence-electron chi connectivity index (χ3n) is 1.40. The van der Waals surface area contributed by atoms with Crippen LogP contribution < -0.4 is 29.6 Å². The van der Waals surface area contributed by atoms with Crippen molar-refractivity contribution in [2.45, 2.75) is 6.61 Å². The van der Waals surface area contributed by atoms with E-state index in [2.05, 4.69) is 6.58 Å². The van der Waals surface area contributed by atoms with Gasteiger partial charge in [0, 0.05) is 10.8 Å². The van der Waals surface area contributed by atoms with E-state index < -0.39 is 19.5 Å². The summed E-state index contributed by atoms with van der Waals surface area (Å²) >= 11 is 0. The molecular weight excluding hydrogens is 339 g/mol. The molecule has 1 aromatic carbocycles. The van der Waals surface area contributed by atoms with Gasteiger partial charge in [0.2, 0.25) is 0 Å². The van der Waals surface area contributed by atoms with Crippen molar-refractivity contribution in [3.8, 4) is 0 Å². The molecular formula is C9H13NaO7S3. The molecule has 0 heterocycles. The van der Waals surface area contributed by atoms with Gasteiger partial charge < -0.3 is 1.43 Å². The standard InChI is InChI=1S/C9H10O3S2.Na.H2O4S.H/c1-2-13-14(10,11)12-8-9-6-4-3-5-7-9;;1-5(2,3)4;/h2-7H,1,8H2;;(H2,1,2,3,4);/q;+1;;-1. The molecule has 0 amide bonds. The minimum Gasteiger partial charge on any atom is -1.00 e. The van der Waals surface area contributed by atoms with Gasteiger partial charge in [-0.25, -0.2) is 0 Å². The quantitative estimate of drug-likeness (QED) is 0.385. The van der Waals surface area contributed by atoms with E-state index in [9.17, 15) is 8.42 Å². The van der Waals surface area contributed by atoms with Crippen LogP contribution in [0.4, 0.5) is 0 Å². The molecule has 0 aliphatic heterocycles. The Kier molecular flexibility index (Phi) is 12.0. The van der Waals surface area contributed by atoms with Gasteiger partial charge in [0.25, 0.3) is 0 Å². The van der Waals surface area contributed by atoms with Gasteiger partial charge in [-0.3, -0.25) is 13.3 Å². The molecule has 0 unspecified atom stereocenters. The van der Waals surface area contributed by atoms with E-state index in [1.807, 2.05) is 18.2 Å². The zero-order chi connectivity index (χ0) is 14.9. The first-order valence-electron chi connectivity index (χ1n) is 4.56. The van der Waals surface area contributed by atoms with Crippen molar-refractivity contribution in [2.75, 3.05) is 0 Å². The van der Waals surface area contributed by atoms with Crippen LogP contribution in [-0.2, 0) is 30.3 Å². The van der Waals surface area contributed by atoms with E-state index in [-0.39, 0.29) is 37.6 Å². The zero-order valence-electron chi connectivity index (χ0n) is 11.5.